The van der Waals surface area contributed by atoms with Crippen molar-refractivity contribution in [3.05, 3.63) is 12.2 Å². The van der Waals surface area contributed by atoms with Gasteiger partial charge in [0.15, 0.2) is 0 Å². The minimum Gasteiger partial charge on any atom is -0.212 e. The lowest BCUT2D eigenvalue weighted by atomic mass is 10.6. The summed E-state index contributed by atoms with van der Waals surface area (Å²) < 4.78 is 46.6. The van der Waals surface area contributed by atoms with Crippen LogP contribution in [-0.4, -0.2) is 38.0 Å². The first-order valence-electron chi connectivity index (χ1n) is 3.43. The van der Waals surface area contributed by atoms with Crippen LogP contribution in [0.3, 0.4) is 0 Å². The molecule has 0 unspecified atom stereocenters. The van der Waals surface area contributed by atoms with E-state index in [4.69, 9.17) is 0 Å². The molecule has 0 aliphatic carbocycles. The van der Waals surface area contributed by atoms with Crippen LogP contribution in [0.5, 0.6) is 0 Å². The topological polar surface area (TPSA) is 37.4 Å². The quantitative estimate of drug-likeness (QED) is 0.616. The Balaban J connectivity index is 2.60. The Hall–Kier alpha value is -0.490. The minimum atomic E-state index is -3.74. The van der Waals surface area contributed by atoms with Crippen LogP contribution in [0, 0.1) is 0 Å². The van der Waals surface area contributed by atoms with Gasteiger partial charge in [0.1, 0.15) is 5.75 Å². The standard InChI is InChI=1S/C6H9F2NO2S/c7-6(8)5-12(10,11)9-3-1-2-4-9/h1-2,6H,3-5H2. The van der Waals surface area contributed by atoms with Gasteiger partial charge in [-0.15, -0.1) is 0 Å². The molecule has 0 aromatic carbocycles. The third kappa shape index (κ3) is 2.25. The van der Waals surface area contributed by atoms with Crippen molar-refractivity contribution in [1.29, 1.82) is 0 Å². The summed E-state index contributed by atoms with van der Waals surface area (Å²) in [5, 5.41) is 0. The highest BCUT2D eigenvalue weighted by Crippen LogP contribution is 2.10. The van der Waals surface area contributed by atoms with Gasteiger partial charge in [-0.1, -0.05) is 12.2 Å². The molecular formula is C6H9F2NO2S. The summed E-state index contributed by atoms with van der Waals surface area (Å²) >= 11 is 0. The fraction of sp³-hybridized carbons (Fsp3) is 0.667. The first kappa shape index (κ1) is 9.60. The molecule has 3 nitrogen and oxygen atoms in total. The number of sulfonamides is 1. The summed E-state index contributed by atoms with van der Waals surface area (Å²) in [5.74, 6) is -1.07. The third-order valence-electron chi connectivity index (χ3n) is 1.51. The Labute approximate surface area is 69.7 Å². The number of hydrogen-bond donors (Lipinski definition) is 0. The van der Waals surface area contributed by atoms with E-state index in [1.165, 1.54) is 0 Å². The Morgan fingerprint density at radius 1 is 1.33 bits per heavy atom. The predicted molar refractivity (Wildman–Crippen MR) is 40.5 cm³/mol. The fourth-order valence-corrected chi connectivity index (χ4v) is 2.11. The SMILES string of the molecule is O=S(=O)(CC(F)F)N1CC=CC1. The Bertz CT molecular complexity index is 265. The molecule has 0 N–H and O–H groups in total. The van der Waals surface area contributed by atoms with Crippen molar-refractivity contribution in [3.63, 3.8) is 0 Å². The highest BCUT2D eigenvalue weighted by atomic mass is 32.2. The monoisotopic (exact) mass is 197 g/mol. The summed E-state index contributed by atoms with van der Waals surface area (Å²) in [6, 6.07) is 0. The van der Waals surface area contributed by atoms with Gasteiger partial charge in [-0.2, -0.15) is 4.31 Å². The number of nitrogens with zero attached hydrogens (tertiary/aromatic N) is 1. The average molecular weight is 197 g/mol. The normalized spacial score (nSPS) is 19.2. The Kier molecular flexibility index (Phi) is 2.79. The zero-order valence-electron chi connectivity index (χ0n) is 6.28. The van der Waals surface area contributed by atoms with Gasteiger partial charge in [-0.05, 0) is 0 Å². The Morgan fingerprint density at radius 3 is 2.25 bits per heavy atom. The maximum absolute atomic E-state index is 11.8. The molecule has 0 spiro atoms. The third-order valence-corrected chi connectivity index (χ3v) is 3.27. The van der Waals surface area contributed by atoms with Crippen LogP contribution in [0.1, 0.15) is 0 Å². The second-order valence-corrected chi connectivity index (χ2v) is 4.47. The molecule has 0 saturated heterocycles. The van der Waals surface area contributed by atoms with Gasteiger partial charge in [0.2, 0.25) is 10.0 Å². The molecule has 1 heterocycles. The van der Waals surface area contributed by atoms with E-state index in [1.54, 1.807) is 12.2 Å². The summed E-state index contributed by atoms with van der Waals surface area (Å²) in [6.45, 7) is 0.435. The molecule has 0 amide bonds. The summed E-state index contributed by atoms with van der Waals surface area (Å²) in [5.41, 5.74) is 0. The molecule has 0 bridgehead atoms. The van der Waals surface area contributed by atoms with Crippen LogP contribution >= 0.6 is 0 Å². The number of alkyl halides is 2. The molecule has 0 aromatic rings. The van der Waals surface area contributed by atoms with Crippen LogP contribution in [0.4, 0.5) is 8.78 Å². The van der Waals surface area contributed by atoms with E-state index >= 15 is 0 Å². The number of rotatable bonds is 3. The van der Waals surface area contributed by atoms with Crippen molar-refractivity contribution in [1.82, 2.24) is 4.31 Å². The lowest BCUT2D eigenvalue weighted by Gasteiger charge is -2.14. The zero-order chi connectivity index (χ0) is 9.19. The van der Waals surface area contributed by atoms with Crippen molar-refractivity contribution >= 4 is 10.0 Å². The number of hydrogen-bond acceptors (Lipinski definition) is 2. The molecule has 12 heavy (non-hydrogen) atoms. The van der Waals surface area contributed by atoms with Crippen LogP contribution in [0.15, 0.2) is 12.2 Å². The summed E-state index contributed by atoms with van der Waals surface area (Å²) in [7, 11) is -3.74. The van der Waals surface area contributed by atoms with E-state index in [1.807, 2.05) is 0 Å². The lowest BCUT2D eigenvalue weighted by Crippen LogP contribution is -2.32. The van der Waals surface area contributed by atoms with Gasteiger partial charge < -0.3 is 0 Å². The van der Waals surface area contributed by atoms with Gasteiger partial charge in [-0.25, -0.2) is 17.2 Å². The van der Waals surface area contributed by atoms with Crippen LogP contribution in [0.2, 0.25) is 0 Å². The summed E-state index contributed by atoms with van der Waals surface area (Å²) in [4.78, 5) is 0. The van der Waals surface area contributed by atoms with Crippen LogP contribution in [0.25, 0.3) is 0 Å². The average Bonchev–Trinajstić information content (AvgIpc) is 2.32. The predicted octanol–water partition coefficient (Wildman–Crippen LogP) is 0.453. The molecule has 6 heteroatoms. The highest BCUT2D eigenvalue weighted by molar-refractivity contribution is 7.89. The van der Waals surface area contributed by atoms with E-state index in [0.717, 1.165) is 4.31 Å². The molecule has 0 saturated carbocycles. The molecule has 0 aromatic heterocycles. The van der Waals surface area contributed by atoms with E-state index in [-0.39, 0.29) is 13.1 Å². The van der Waals surface area contributed by atoms with Gasteiger partial charge in [0, 0.05) is 13.1 Å². The maximum Gasteiger partial charge on any atom is 0.253 e. The van der Waals surface area contributed by atoms with Crippen molar-refractivity contribution in [3.8, 4) is 0 Å². The molecule has 1 aliphatic rings. The molecule has 1 aliphatic heterocycles. The van der Waals surface area contributed by atoms with E-state index in [9.17, 15) is 17.2 Å². The number of halogens is 2. The van der Waals surface area contributed by atoms with Crippen LogP contribution < -0.4 is 0 Å². The smallest absolute Gasteiger partial charge is 0.212 e. The Morgan fingerprint density at radius 2 is 1.83 bits per heavy atom. The molecule has 1 rings (SSSR count). The van der Waals surface area contributed by atoms with E-state index in [2.05, 4.69) is 0 Å². The van der Waals surface area contributed by atoms with Gasteiger partial charge in [0.05, 0.1) is 0 Å². The second kappa shape index (κ2) is 3.49. The van der Waals surface area contributed by atoms with E-state index in [0.29, 0.717) is 0 Å². The maximum atomic E-state index is 11.8. The van der Waals surface area contributed by atoms with Crippen molar-refractivity contribution in [2.45, 2.75) is 6.43 Å². The summed E-state index contributed by atoms with van der Waals surface area (Å²) in [6.07, 6.45) is 0.488. The largest absolute Gasteiger partial charge is 0.253 e. The molecular weight excluding hydrogens is 188 g/mol. The molecule has 0 radical (unpaired) electrons. The molecule has 70 valence electrons. The fourth-order valence-electron chi connectivity index (χ4n) is 0.950. The van der Waals surface area contributed by atoms with Gasteiger partial charge in [-0.3, -0.25) is 0 Å². The van der Waals surface area contributed by atoms with E-state index < -0.39 is 22.2 Å². The second-order valence-electron chi connectivity index (χ2n) is 2.46. The zero-order valence-corrected chi connectivity index (χ0v) is 7.10. The van der Waals surface area contributed by atoms with Crippen molar-refractivity contribution in [2.75, 3.05) is 18.8 Å². The van der Waals surface area contributed by atoms with Crippen LogP contribution in [-0.2, 0) is 10.0 Å². The van der Waals surface area contributed by atoms with Gasteiger partial charge >= 0.3 is 0 Å². The lowest BCUT2D eigenvalue weighted by molar-refractivity contribution is 0.172. The van der Waals surface area contributed by atoms with Crippen molar-refractivity contribution < 1.29 is 17.2 Å². The molecule has 0 fully saturated rings. The minimum absolute atomic E-state index is 0.217. The highest BCUT2D eigenvalue weighted by Gasteiger charge is 2.26. The first-order chi connectivity index (χ1) is 5.52. The van der Waals surface area contributed by atoms with Gasteiger partial charge in [0.25, 0.3) is 6.43 Å². The van der Waals surface area contributed by atoms with Crippen molar-refractivity contribution in [2.24, 2.45) is 0 Å². The molecule has 0 atom stereocenters. The first-order valence-corrected chi connectivity index (χ1v) is 5.04.